The van der Waals surface area contributed by atoms with Crippen molar-refractivity contribution in [2.45, 2.75) is 13.0 Å². The van der Waals surface area contributed by atoms with Gasteiger partial charge in [0.1, 0.15) is 11.6 Å². The van der Waals surface area contributed by atoms with Crippen LogP contribution in [-0.4, -0.2) is 32.5 Å². The van der Waals surface area contributed by atoms with Crippen molar-refractivity contribution in [3.63, 3.8) is 0 Å². The maximum absolute atomic E-state index is 14.2. The first-order valence-corrected chi connectivity index (χ1v) is 11.8. The van der Waals surface area contributed by atoms with Crippen LogP contribution in [0.15, 0.2) is 84.0 Å². The highest BCUT2D eigenvalue weighted by molar-refractivity contribution is 5.98. The number of fused-ring (bicyclic) bond motifs is 1. The Morgan fingerprint density at radius 1 is 1.05 bits per heavy atom. The predicted molar refractivity (Wildman–Crippen MR) is 146 cm³/mol. The molecule has 0 aliphatic heterocycles. The lowest BCUT2D eigenvalue weighted by Crippen LogP contribution is -2.26. The highest BCUT2D eigenvalue weighted by Crippen LogP contribution is 2.31. The average molecular weight is 508 g/mol. The second-order valence-corrected chi connectivity index (χ2v) is 8.65. The van der Waals surface area contributed by atoms with Crippen LogP contribution in [-0.2, 0) is 0 Å². The van der Waals surface area contributed by atoms with Crippen LogP contribution in [0.1, 0.15) is 29.0 Å². The van der Waals surface area contributed by atoms with Gasteiger partial charge in [0.15, 0.2) is 0 Å². The van der Waals surface area contributed by atoms with E-state index in [9.17, 15) is 9.59 Å². The Labute approximate surface area is 217 Å². The number of carbonyl (C=O) groups excluding carboxylic acids is 1. The summed E-state index contributed by atoms with van der Waals surface area (Å²) in [6, 6.07) is 18.3. The summed E-state index contributed by atoms with van der Waals surface area (Å²) in [4.78, 5) is 38.5. The van der Waals surface area contributed by atoms with Gasteiger partial charge in [-0.3, -0.25) is 19.1 Å². The van der Waals surface area contributed by atoms with Crippen molar-refractivity contribution >= 4 is 28.4 Å². The van der Waals surface area contributed by atoms with Gasteiger partial charge in [0.25, 0.3) is 11.5 Å². The molecule has 0 fully saturated rings. The summed E-state index contributed by atoms with van der Waals surface area (Å²) in [5, 5.41) is 4.47. The van der Waals surface area contributed by atoms with Gasteiger partial charge >= 0.3 is 0 Å². The number of nitrogen functional groups attached to an aromatic ring is 1. The summed E-state index contributed by atoms with van der Waals surface area (Å²) >= 11 is 0. The number of nitrogens with zero attached hydrogens (tertiary/aromatic N) is 4. The van der Waals surface area contributed by atoms with Gasteiger partial charge in [-0.2, -0.15) is 4.98 Å². The van der Waals surface area contributed by atoms with Crippen molar-refractivity contribution in [2.75, 3.05) is 18.2 Å². The summed E-state index contributed by atoms with van der Waals surface area (Å²) in [7, 11) is 1.57. The number of nitrogens with one attached hydrogen (secondary N) is 1. The molecule has 0 aliphatic carbocycles. The smallest absolute Gasteiger partial charge is 0.263 e. The number of methoxy groups -OCH3 is 1. The maximum Gasteiger partial charge on any atom is 0.263 e. The van der Waals surface area contributed by atoms with Crippen LogP contribution in [0.2, 0.25) is 0 Å². The molecule has 2 aromatic carbocycles. The van der Waals surface area contributed by atoms with Crippen molar-refractivity contribution in [3.05, 3.63) is 101 Å². The van der Waals surface area contributed by atoms with Crippen LogP contribution >= 0.6 is 0 Å². The zero-order valence-corrected chi connectivity index (χ0v) is 20.8. The molecule has 5 aromatic rings. The molecule has 3 aromatic heterocycles. The van der Waals surface area contributed by atoms with Gasteiger partial charge in [-0.15, -0.1) is 0 Å². The third-order valence-corrected chi connectivity index (χ3v) is 6.22. The molecule has 190 valence electrons. The van der Waals surface area contributed by atoms with Crippen molar-refractivity contribution < 1.29 is 9.53 Å². The second-order valence-electron chi connectivity index (χ2n) is 8.65. The quantitative estimate of drug-likeness (QED) is 0.302. The average Bonchev–Trinajstić information content (AvgIpc) is 2.93. The molecular formula is C28H25N7O3. The van der Waals surface area contributed by atoms with E-state index in [-0.39, 0.29) is 22.9 Å². The highest BCUT2D eigenvalue weighted by Gasteiger charge is 2.21. The molecule has 10 nitrogen and oxygen atoms in total. The zero-order valence-electron chi connectivity index (χ0n) is 20.8. The molecule has 1 unspecified atom stereocenters. The lowest BCUT2D eigenvalue weighted by Gasteiger charge is -2.22. The van der Waals surface area contributed by atoms with Crippen molar-refractivity contribution in [1.29, 1.82) is 0 Å². The Bertz CT molecular complexity index is 1720. The number of benzene rings is 2. The third kappa shape index (κ3) is 4.50. The highest BCUT2D eigenvalue weighted by atomic mass is 16.5. The fourth-order valence-corrected chi connectivity index (χ4v) is 4.43. The number of nitrogens with two attached hydrogens (primary N) is 2. The molecule has 0 bridgehead atoms. The lowest BCUT2D eigenvalue weighted by atomic mass is 9.98. The minimum absolute atomic E-state index is 0.0137. The monoisotopic (exact) mass is 507 g/mol. The van der Waals surface area contributed by atoms with Gasteiger partial charge in [-0.1, -0.05) is 36.4 Å². The van der Waals surface area contributed by atoms with E-state index in [0.717, 1.165) is 16.5 Å². The third-order valence-electron chi connectivity index (χ3n) is 6.22. The van der Waals surface area contributed by atoms with Gasteiger partial charge in [0.05, 0.1) is 30.3 Å². The number of amides is 1. The maximum atomic E-state index is 14.2. The van der Waals surface area contributed by atoms with Crippen LogP contribution in [0, 0.1) is 0 Å². The van der Waals surface area contributed by atoms with E-state index >= 15 is 0 Å². The van der Waals surface area contributed by atoms with Crippen LogP contribution < -0.4 is 27.1 Å². The summed E-state index contributed by atoms with van der Waals surface area (Å²) in [5.41, 5.74) is 14.0. The Morgan fingerprint density at radius 3 is 2.58 bits per heavy atom. The summed E-state index contributed by atoms with van der Waals surface area (Å²) in [5.74, 6) is 0.0583. The molecule has 5 rings (SSSR count). The Balaban J connectivity index is 1.74. The normalized spacial score (nSPS) is 11.7. The molecule has 0 spiro atoms. The number of para-hydroxylation sites is 1. The first-order chi connectivity index (χ1) is 18.4. The number of pyridine rings is 2. The largest absolute Gasteiger partial charge is 0.495 e. The van der Waals surface area contributed by atoms with E-state index < -0.39 is 11.9 Å². The van der Waals surface area contributed by atoms with E-state index in [0.29, 0.717) is 22.5 Å². The molecule has 0 radical (unpaired) electrons. The van der Waals surface area contributed by atoms with E-state index in [1.807, 2.05) is 67.6 Å². The van der Waals surface area contributed by atoms with E-state index in [4.69, 9.17) is 16.2 Å². The number of hydrogen-bond acceptors (Lipinski definition) is 8. The molecule has 1 amide bonds. The second kappa shape index (κ2) is 10.0. The van der Waals surface area contributed by atoms with Crippen molar-refractivity contribution in [2.24, 2.45) is 5.73 Å². The van der Waals surface area contributed by atoms with E-state index in [2.05, 4.69) is 20.3 Å². The fourth-order valence-electron chi connectivity index (χ4n) is 4.43. The molecule has 1 atom stereocenters. The first kappa shape index (κ1) is 24.4. The van der Waals surface area contributed by atoms with Gasteiger partial charge in [0, 0.05) is 29.3 Å². The molecular weight excluding hydrogens is 482 g/mol. The number of hydrogen-bond donors (Lipinski definition) is 3. The number of anilines is 2. The van der Waals surface area contributed by atoms with Gasteiger partial charge in [-0.25, -0.2) is 4.98 Å². The summed E-state index contributed by atoms with van der Waals surface area (Å²) < 4.78 is 6.99. The lowest BCUT2D eigenvalue weighted by molar-refractivity contribution is 0.100. The topological polar surface area (TPSA) is 151 Å². The molecule has 0 aliphatic rings. The molecule has 0 saturated carbocycles. The standard InChI is InChI=1S/C28H25N7O3/c1-16(33-26-22(25(29)36)15-32-28(30)34-26)23-12-17-7-6-10-21(18-11-20(38-2)14-31-13-18)24(17)27(37)35(23)19-8-4-3-5-9-19/h3-16H,1-2H3,(H2,29,36)(H3,30,32,33,34). The molecule has 38 heavy (non-hydrogen) atoms. The van der Waals surface area contributed by atoms with Crippen LogP contribution in [0.25, 0.3) is 27.6 Å². The van der Waals surface area contributed by atoms with Gasteiger partial charge in [-0.05, 0) is 42.1 Å². The first-order valence-electron chi connectivity index (χ1n) is 11.8. The Kier molecular flexibility index (Phi) is 6.44. The van der Waals surface area contributed by atoms with E-state index in [1.165, 1.54) is 6.20 Å². The van der Waals surface area contributed by atoms with E-state index in [1.54, 1.807) is 24.1 Å². The minimum atomic E-state index is -0.699. The number of rotatable bonds is 7. The predicted octanol–water partition coefficient (Wildman–Crippen LogP) is 3.71. The van der Waals surface area contributed by atoms with Crippen molar-refractivity contribution in [1.82, 2.24) is 19.5 Å². The zero-order chi connectivity index (χ0) is 26.8. The van der Waals surface area contributed by atoms with Gasteiger partial charge < -0.3 is 21.5 Å². The fraction of sp³-hybridized carbons (Fsp3) is 0.107. The molecule has 10 heteroatoms. The number of carbonyl (C=O) groups is 1. The van der Waals surface area contributed by atoms with Gasteiger partial charge in [0.2, 0.25) is 5.95 Å². The minimum Gasteiger partial charge on any atom is -0.495 e. The molecule has 0 saturated heterocycles. The van der Waals surface area contributed by atoms with Crippen LogP contribution in [0.5, 0.6) is 5.75 Å². The summed E-state index contributed by atoms with van der Waals surface area (Å²) in [6.07, 6.45) is 4.59. The van der Waals surface area contributed by atoms with Crippen molar-refractivity contribution in [3.8, 4) is 22.6 Å². The number of aromatic nitrogens is 4. The molecule has 5 N–H and O–H groups in total. The Morgan fingerprint density at radius 2 is 1.84 bits per heavy atom. The number of ether oxygens (including phenoxy) is 1. The Hall–Kier alpha value is -5.25. The van der Waals surface area contributed by atoms with Crippen LogP contribution in [0.4, 0.5) is 11.8 Å². The van der Waals surface area contributed by atoms with Crippen LogP contribution in [0.3, 0.4) is 0 Å². The SMILES string of the molecule is COc1cncc(-c2cccc3cc(C(C)Nc4nc(N)ncc4C(N)=O)n(-c4ccccc4)c(=O)c23)c1. The summed E-state index contributed by atoms with van der Waals surface area (Å²) in [6.45, 7) is 1.86. The molecule has 3 heterocycles. The number of primary amides is 1.